The van der Waals surface area contributed by atoms with Crippen LogP contribution >= 0.6 is 11.6 Å². The monoisotopic (exact) mass is 121 g/mol. The average molecular weight is 122 g/mol. The van der Waals surface area contributed by atoms with E-state index in [9.17, 15) is 4.91 Å². The summed E-state index contributed by atoms with van der Waals surface area (Å²) < 4.78 is 0. The van der Waals surface area contributed by atoms with Gasteiger partial charge in [0.15, 0.2) is 5.00 Å². The molecule has 0 saturated carbocycles. The molecule has 0 radical (unpaired) electrons. The zero-order valence-corrected chi connectivity index (χ0v) is 5.20. The van der Waals surface area contributed by atoms with Gasteiger partial charge in [-0.15, -0.1) is 4.91 Å². The highest BCUT2D eigenvalue weighted by Gasteiger charge is 2.16. The molecule has 0 aliphatic heterocycles. The van der Waals surface area contributed by atoms with Crippen molar-refractivity contribution in [1.29, 1.82) is 0 Å². The fourth-order valence-electron chi connectivity index (χ4n) is 0.0645. The van der Waals surface area contributed by atoms with Gasteiger partial charge >= 0.3 is 0 Å². The number of halogens is 1. The molecule has 0 spiro atoms. The van der Waals surface area contributed by atoms with Gasteiger partial charge < -0.3 is 0 Å². The average Bonchev–Trinajstić information content (AvgIpc) is 1.68. The predicted molar refractivity (Wildman–Crippen MR) is 30.3 cm³/mol. The number of nitrogens with zero attached hydrogens (tertiary/aromatic N) is 1. The van der Waals surface area contributed by atoms with Crippen LogP contribution in [0.3, 0.4) is 0 Å². The minimum absolute atomic E-state index is 0.581. The van der Waals surface area contributed by atoms with E-state index in [-0.39, 0.29) is 0 Å². The Balaban J connectivity index is 3.58. The van der Waals surface area contributed by atoms with Gasteiger partial charge in [0.25, 0.3) is 0 Å². The number of rotatable bonds is 2. The summed E-state index contributed by atoms with van der Waals surface area (Å²) in [6, 6.07) is 0. The number of alkyl halides is 1. The van der Waals surface area contributed by atoms with Crippen LogP contribution in [0.2, 0.25) is 0 Å². The minimum Gasteiger partial charge on any atom is -0.149 e. The first kappa shape index (κ1) is 6.89. The summed E-state index contributed by atoms with van der Waals surface area (Å²) in [5, 5.41) is 2.65. The Kier molecular flexibility index (Phi) is 2.23. The molecule has 7 heavy (non-hydrogen) atoms. The maximum Gasteiger partial charge on any atom is 0.172 e. The van der Waals surface area contributed by atoms with E-state index in [0.29, 0.717) is 6.42 Å². The first-order valence-corrected chi connectivity index (χ1v) is 2.53. The molecular weight excluding hydrogens is 114 g/mol. The molecule has 0 bridgehead atoms. The van der Waals surface area contributed by atoms with Crippen LogP contribution in [-0.4, -0.2) is 5.00 Å². The lowest BCUT2D eigenvalue weighted by Crippen LogP contribution is -2.08. The molecule has 0 amide bonds. The van der Waals surface area contributed by atoms with Gasteiger partial charge in [0.1, 0.15) is 0 Å². The highest BCUT2D eigenvalue weighted by Crippen LogP contribution is 2.18. The van der Waals surface area contributed by atoms with Crippen LogP contribution in [-0.2, 0) is 0 Å². The molecule has 1 atom stereocenters. The lowest BCUT2D eigenvalue weighted by Gasteiger charge is -2.05. The largest absolute Gasteiger partial charge is 0.172 e. The topological polar surface area (TPSA) is 29.4 Å². The van der Waals surface area contributed by atoms with Crippen LogP contribution in [0, 0.1) is 4.91 Å². The minimum atomic E-state index is -0.875. The van der Waals surface area contributed by atoms with Crippen molar-refractivity contribution < 1.29 is 0 Å². The summed E-state index contributed by atoms with van der Waals surface area (Å²) in [5.41, 5.74) is 0. The Morgan fingerprint density at radius 3 is 2.29 bits per heavy atom. The Hall–Kier alpha value is -0.110. The molecule has 0 aromatic rings. The zero-order chi connectivity index (χ0) is 5.91. The van der Waals surface area contributed by atoms with Gasteiger partial charge in [-0.3, -0.25) is 0 Å². The van der Waals surface area contributed by atoms with E-state index in [4.69, 9.17) is 11.6 Å². The molecular formula is C4H8ClNO. The van der Waals surface area contributed by atoms with Gasteiger partial charge in [-0.1, -0.05) is 18.5 Å². The molecule has 0 N–H and O–H groups in total. The third-order valence-corrected chi connectivity index (χ3v) is 1.17. The van der Waals surface area contributed by atoms with Gasteiger partial charge in [-0.25, -0.2) is 0 Å². The maximum absolute atomic E-state index is 9.68. The smallest absolute Gasteiger partial charge is 0.149 e. The molecule has 1 unspecified atom stereocenters. The van der Waals surface area contributed by atoms with Crippen molar-refractivity contribution in [3.05, 3.63) is 4.91 Å². The summed E-state index contributed by atoms with van der Waals surface area (Å²) in [6.07, 6.45) is 0.581. The molecule has 0 aliphatic carbocycles. The molecule has 3 heteroatoms. The number of hydrogen-bond acceptors (Lipinski definition) is 2. The van der Waals surface area contributed by atoms with Crippen molar-refractivity contribution >= 4 is 11.6 Å². The fourth-order valence-corrected chi connectivity index (χ4v) is 0.0645. The van der Waals surface area contributed by atoms with Crippen molar-refractivity contribution in [2.75, 3.05) is 0 Å². The van der Waals surface area contributed by atoms with Crippen molar-refractivity contribution in [2.24, 2.45) is 5.18 Å². The predicted octanol–water partition coefficient (Wildman–Crippen LogP) is 2.12. The van der Waals surface area contributed by atoms with Gasteiger partial charge in [0, 0.05) is 0 Å². The second kappa shape index (κ2) is 2.26. The third kappa shape index (κ3) is 2.57. The van der Waals surface area contributed by atoms with E-state index in [0.717, 1.165) is 0 Å². The van der Waals surface area contributed by atoms with Crippen molar-refractivity contribution in [3.63, 3.8) is 0 Å². The Morgan fingerprint density at radius 1 is 1.86 bits per heavy atom. The van der Waals surface area contributed by atoms with Gasteiger partial charge in [-0.2, -0.15) is 0 Å². The Labute approximate surface area is 47.8 Å². The molecule has 42 valence electrons. The lowest BCUT2D eigenvalue weighted by atomic mass is 10.3. The molecule has 0 aromatic heterocycles. The summed E-state index contributed by atoms with van der Waals surface area (Å²) in [6.45, 7) is 3.40. The third-order valence-electron chi connectivity index (χ3n) is 0.836. The van der Waals surface area contributed by atoms with E-state index in [1.54, 1.807) is 6.92 Å². The normalized spacial score (nSPS) is 18.1. The quantitative estimate of drug-likeness (QED) is 0.313. The van der Waals surface area contributed by atoms with Gasteiger partial charge in [-0.05, 0) is 18.5 Å². The SMILES string of the molecule is CCC(C)(Cl)N=O. The van der Waals surface area contributed by atoms with Crippen molar-refractivity contribution in [1.82, 2.24) is 0 Å². The zero-order valence-electron chi connectivity index (χ0n) is 4.44. The first-order valence-electron chi connectivity index (χ1n) is 2.16. The Morgan fingerprint density at radius 2 is 2.29 bits per heavy atom. The second-order valence-electron chi connectivity index (χ2n) is 1.59. The van der Waals surface area contributed by atoms with Crippen LogP contribution in [0.4, 0.5) is 0 Å². The molecule has 2 nitrogen and oxygen atoms in total. The van der Waals surface area contributed by atoms with Crippen LogP contribution in [0.15, 0.2) is 5.18 Å². The van der Waals surface area contributed by atoms with Crippen molar-refractivity contribution in [3.8, 4) is 0 Å². The fraction of sp³-hybridized carbons (Fsp3) is 1.00. The summed E-state index contributed by atoms with van der Waals surface area (Å²) in [5.74, 6) is 0. The van der Waals surface area contributed by atoms with Gasteiger partial charge in [0.2, 0.25) is 0 Å². The van der Waals surface area contributed by atoms with E-state index < -0.39 is 5.00 Å². The summed E-state index contributed by atoms with van der Waals surface area (Å²) >= 11 is 5.43. The van der Waals surface area contributed by atoms with Crippen LogP contribution in [0.1, 0.15) is 20.3 Å². The highest BCUT2D eigenvalue weighted by atomic mass is 35.5. The van der Waals surface area contributed by atoms with Gasteiger partial charge in [0.05, 0.1) is 0 Å². The van der Waals surface area contributed by atoms with E-state index in [1.807, 2.05) is 6.92 Å². The standard InChI is InChI=1S/C4H8ClNO/c1-3-4(2,5)6-7/h3H2,1-2H3. The molecule has 0 saturated heterocycles. The lowest BCUT2D eigenvalue weighted by molar-refractivity contribution is 0.635. The molecule has 0 rings (SSSR count). The molecule has 0 aliphatic rings. The number of hydrogen-bond donors (Lipinski definition) is 0. The highest BCUT2D eigenvalue weighted by molar-refractivity contribution is 6.23. The summed E-state index contributed by atoms with van der Waals surface area (Å²) in [7, 11) is 0. The summed E-state index contributed by atoms with van der Waals surface area (Å²) in [4.78, 5) is 8.80. The Bertz CT molecular complexity index is 72.1. The molecule has 0 aromatic carbocycles. The van der Waals surface area contributed by atoms with E-state index in [2.05, 4.69) is 5.18 Å². The van der Waals surface area contributed by atoms with Crippen LogP contribution in [0.5, 0.6) is 0 Å². The van der Waals surface area contributed by atoms with Crippen LogP contribution < -0.4 is 0 Å². The van der Waals surface area contributed by atoms with E-state index in [1.165, 1.54) is 0 Å². The second-order valence-corrected chi connectivity index (χ2v) is 2.40. The molecule has 0 heterocycles. The van der Waals surface area contributed by atoms with E-state index >= 15 is 0 Å². The maximum atomic E-state index is 9.68. The molecule has 0 fully saturated rings. The number of nitroso groups, excluding NO2 is 1. The first-order chi connectivity index (χ1) is 3.12. The van der Waals surface area contributed by atoms with Crippen LogP contribution in [0.25, 0.3) is 0 Å². The van der Waals surface area contributed by atoms with Crippen molar-refractivity contribution in [2.45, 2.75) is 25.3 Å².